The van der Waals surface area contributed by atoms with E-state index in [9.17, 15) is 4.79 Å². The second-order valence-corrected chi connectivity index (χ2v) is 9.80. The van der Waals surface area contributed by atoms with Crippen LogP contribution in [-0.4, -0.2) is 16.1 Å². The van der Waals surface area contributed by atoms with Crippen LogP contribution in [0.5, 0.6) is 0 Å². The third-order valence-electron chi connectivity index (χ3n) is 6.16. The molecule has 1 aromatic heterocycles. The van der Waals surface area contributed by atoms with Gasteiger partial charge in [-0.1, -0.05) is 55.1 Å². The van der Waals surface area contributed by atoms with Gasteiger partial charge >= 0.3 is 5.97 Å². The molecule has 3 aromatic carbocycles. The molecule has 0 unspecified atom stereocenters. The Kier molecular flexibility index (Phi) is 6.09. The van der Waals surface area contributed by atoms with E-state index in [0.29, 0.717) is 11.3 Å². The Morgan fingerprint density at radius 2 is 1.68 bits per heavy atom. The topological polar surface area (TPSA) is 57.2 Å². The molecule has 0 fully saturated rings. The summed E-state index contributed by atoms with van der Waals surface area (Å²) in [7, 11) is 0. The zero-order chi connectivity index (χ0) is 24.6. The molecule has 4 heteroatoms. The fourth-order valence-corrected chi connectivity index (χ4v) is 4.27. The first-order chi connectivity index (χ1) is 16.0. The van der Waals surface area contributed by atoms with E-state index in [1.54, 1.807) is 0 Å². The summed E-state index contributed by atoms with van der Waals surface area (Å²) in [6, 6.07) is 22.2. The van der Waals surface area contributed by atoms with Crippen LogP contribution in [0.3, 0.4) is 0 Å². The molecule has 0 atom stereocenters. The van der Waals surface area contributed by atoms with Crippen LogP contribution in [0.4, 0.5) is 0 Å². The number of hydrogen-bond acceptors (Lipinski definition) is 3. The monoisotopic (exact) mass is 452 g/mol. The number of nitrogens with zero attached hydrogens (tertiary/aromatic N) is 1. The number of esters is 1. The van der Waals surface area contributed by atoms with Crippen molar-refractivity contribution in [3.8, 4) is 11.1 Å². The standard InChI is InChI=1S/C30H32N2O2/c1-19-21(3)32(28-16-15-24(20(2)31)17-27(19)28)18-22-11-13-23(14-12-22)25-9-7-8-10-26(25)29(33)34-30(4,5)6/h7-17H,2,18,31H2,1,3-6H3. The van der Waals surface area contributed by atoms with Crippen molar-refractivity contribution in [2.45, 2.75) is 46.8 Å². The number of fused-ring (bicyclic) bond motifs is 1. The SMILES string of the molecule is C=C(N)c1ccc2c(c1)c(C)c(C)n2Cc1ccc(-c2ccccc2C(=O)OC(C)(C)C)cc1. The van der Waals surface area contributed by atoms with Gasteiger partial charge in [0.05, 0.1) is 5.56 Å². The van der Waals surface area contributed by atoms with Gasteiger partial charge in [-0.3, -0.25) is 0 Å². The van der Waals surface area contributed by atoms with Gasteiger partial charge in [0.1, 0.15) is 5.60 Å². The molecule has 0 spiro atoms. The number of carbonyl (C=O) groups is 1. The third kappa shape index (κ3) is 4.62. The predicted molar refractivity (Wildman–Crippen MR) is 141 cm³/mol. The fourth-order valence-electron chi connectivity index (χ4n) is 4.27. The van der Waals surface area contributed by atoms with Crippen LogP contribution in [0, 0.1) is 13.8 Å². The van der Waals surface area contributed by atoms with Crippen molar-refractivity contribution in [1.82, 2.24) is 4.57 Å². The lowest BCUT2D eigenvalue weighted by molar-refractivity contribution is 0.00704. The molecule has 2 N–H and O–H groups in total. The number of benzene rings is 3. The number of ether oxygens (including phenoxy) is 1. The first kappa shape index (κ1) is 23.4. The van der Waals surface area contributed by atoms with Crippen molar-refractivity contribution in [3.63, 3.8) is 0 Å². The van der Waals surface area contributed by atoms with Gasteiger partial charge in [0.25, 0.3) is 0 Å². The van der Waals surface area contributed by atoms with Crippen molar-refractivity contribution >= 4 is 22.6 Å². The molecule has 174 valence electrons. The number of rotatable bonds is 5. The number of carbonyl (C=O) groups excluding carboxylic acids is 1. The minimum Gasteiger partial charge on any atom is -0.456 e. The highest BCUT2D eigenvalue weighted by molar-refractivity contribution is 5.97. The second-order valence-electron chi connectivity index (χ2n) is 9.80. The summed E-state index contributed by atoms with van der Waals surface area (Å²) in [5.41, 5.74) is 14.2. The average molecular weight is 453 g/mol. The van der Waals surface area contributed by atoms with Gasteiger partial charge in [-0.2, -0.15) is 0 Å². The summed E-state index contributed by atoms with van der Waals surface area (Å²) in [6.45, 7) is 14.6. The molecular weight excluding hydrogens is 420 g/mol. The van der Waals surface area contributed by atoms with Gasteiger partial charge in [-0.15, -0.1) is 0 Å². The highest BCUT2D eigenvalue weighted by atomic mass is 16.6. The number of nitrogens with two attached hydrogens (primary N) is 1. The normalized spacial score (nSPS) is 11.6. The minimum absolute atomic E-state index is 0.309. The lowest BCUT2D eigenvalue weighted by Crippen LogP contribution is -2.24. The number of aromatic nitrogens is 1. The van der Waals surface area contributed by atoms with E-state index < -0.39 is 5.60 Å². The summed E-state index contributed by atoms with van der Waals surface area (Å²) < 4.78 is 7.94. The van der Waals surface area contributed by atoms with Crippen LogP contribution in [-0.2, 0) is 11.3 Å². The molecule has 0 aliphatic rings. The molecule has 4 aromatic rings. The molecule has 4 rings (SSSR count). The summed E-state index contributed by atoms with van der Waals surface area (Å²) in [6.07, 6.45) is 0. The zero-order valence-electron chi connectivity index (χ0n) is 20.6. The Hall–Kier alpha value is -3.79. The van der Waals surface area contributed by atoms with Crippen molar-refractivity contribution in [3.05, 3.63) is 101 Å². The highest BCUT2D eigenvalue weighted by Gasteiger charge is 2.20. The maximum atomic E-state index is 12.8. The van der Waals surface area contributed by atoms with Gasteiger partial charge in [0.15, 0.2) is 0 Å². The molecule has 0 radical (unpaired) electrons. The summed E-state index contributed by atoms with van der Waals surface area (Å²) in [4.78, 5) is 12.8. The van der Waals surface area contributed by atoms with Gasteiger partial charge in [-0.05, 0) is 80.6 Å². The van der Waals surface area contributed by atoms with Gasteiger partial charge < -0.3 is 15.0 Å². The van der Waals surface area contributed by atoms with Crippen molar-refractivity contribution in [2.24, 2.45) is 5.73 Å². The van der Waals surface area contributed by atoms with Gasteiger partial charge in [-0.25, -0.2) is 4.79 Å². The minimum atomic E-state index is -0.540. The summed E-state index contributed by atoms with van der Waals surface area (Å²) in [5.74, 6) is -0.309. The molecule has 1 heterocycles. The molecule has 34 heavy (non-hydrogen) atoms. The van der Waals surface area contributed by atoms with Crippen LogP contribution >= 0.6 is 0 Å². The predicted octanol–water partition coefficient (Wildman–Crippen LogP) is 6.86. The maximum absolute atomic E-state index is 12.8. The second kappa shape index (κ2) is 8.86. The first-order valence-electron chi connectivity index (χ1n) is 11.5. The van der Waals surface area contributed by atoms with E-state index in [2.05, 4.69) is 61.4 Å². The Balaban J connectivity index is 1.64. The molecule has 0 aliphatic carbocycles. The van der Waals surface area contributed by atoms with Gasteiger partial charge in [0, 0.05) is 28.8 Å². The Morgan fingerprint density at radius 1 is 1.00 bits per heavy atom. The van der Waals surface area contributed by atoms with E-state index in [1.165, 1.54) is 27.7 Å². The van der Waals surface area contributed by atoms with Crippen molar-refractivity contribution in [2.75, 3.05) is 0 Å². The summed E-state index contributed by atoms with van der Waals surface area (Å²) in [5, 5.41) is 1.20. The average Bonchev–Trinajstić information content (AvgIpc) is 3.03. The van der Waals surface area contributed by atoms with Crippen LogP contribution < -0.4 is 5.73 Å². The molecule has 0 bridgehead atoms. The number of hydrogen-bond donors (Lipinski definition) is 1. The third-order valence-corrected chi connectivity index (χ3v) is 6.16. The highest BCUT2D eigenvalue weighted by Crippen LogP contribution is 2.30. The Morgan fingerprint density at radius 3 is 2.32 bits per heavy atom. The zero-order valence-corrected chi connectivity index (χ0v) is 20.6. The van der Waals surface area contributed by atoms with Crippen LogP contribution in [0.1, 0.15) is 53.5 Å². The molecule has 4 nitrogen and oxygen atoms in total. The van der Waals surface area contributed by atoms with Crippen molar-refractivity contribution in [1.29, 1.82) is 0 Å². The molecule has 0 saturated carbocycles. The quantitative estimate of drug-likeness (QED) is 0.337. The molecular formula is C30H32N2O2. The number of aryl methyl sites for hydroxylation is 1. The lowest BCUT2D eigenvalue weighted by atomic mass is 9.98. The van der Waals surface area contributed by atoms with Crippen LogP contribution in [0.15, 0.2) is 73.3 Å². The van der Waals surface area contributed by atoms with E-state index in [-0.39, 0.29) is 5.97 Å². The van der Waals surface area contributed by atoms with Crippen LogP contribution in [0.2, 0.25) is 0 Å². The Bertz CT molecular complexity index is 1390. The van der Waals surface area contributed by atoms with E-state index in [4.69, 9.17) is 10.5 Å². The largest absolute Gasteiger partial charge is 0.456 e. The van der Waals surface area contributed by atoms with E-state index >= 15 is 0 Å². The van der Waals surface area contributed by atoms with Crippen molar-refractivity contribution < 1.29 is 9.53 Å². The lowest BCUT2D eigenvalue weighted by Gasteiger charge is -2.20. The molecule has 0 amide bonds. The smallest absolute Gasteiger partial charge is 0.339 e. The summed E-state index contributed by atoms with van der Waals surface area (Å²) >= 11 is 0. The maximum Gasteiger partial charge on any atom is 0.339 e. The Labute approximate surface area is 201 Å². The van der Waals surface area contributed by atoms with Crippen LogP contribution in [0.25, 0.3) is 27.7 Å². The molecule has 0 saturated heterocycles. The van der Waals surface area contributed by atoms with E-state index in [0.717, 1.165) is 23.2 Å². The first-order valence-corrected chi connectivity index (χ1v) is 11.5. The van der Waals surface area contributed by atoms with E-state index in [1.807, 2.05) is 51.1 Å². The van der Waals surface area contributed by atoms with Gasteiger partial charge in [0.2, 0.25) is 0 Å². The molecule has 0 aliphatic heterocycles. The fraction of sp³-hybridized carbons (Fsp3) is 0.233.